The first-order valence-corrected chi connectivity index (χ1v) is 7.63. The number of hydrogen-bond donors (Lipinski definition) is 1. The zero-order valence-electron chi connectivity index (χ0n) is 12.6. The molecule has 0 amide bonds. The molecule has 21 heavy (non-hydrogen) atoms. The standard InChI is InChI=1S/C17H23N3O/c1-19-7-8-20(13-16(19)6-9-21)12-14-10-15-4-2-3-5-17(15)18-11-14/h2-5,10-11,16,21H,6-9,12-13H2,1H3/t16-/m0/s1. The number of aliphatic hydroxyl groups excluding tert-OH is 1. The van der Waals surface area contributed by atoms with Gasteiger partial charge >= 0.3 is 0 Å². The van der Waals surface area contributed by atoms with Gasteiger partial charge in [0.25, 0.3) is 0 Å². The van der Waals surface area contributed by atoms with Gasteiger partial charge in [-0.15, -0.1) is 0 Å². The van der Waals surface area contributed by atoms with Gasteiger partial charge in [0.15, 0.2) is 0 Å². The lowest BCUT2D eigenvalue weighted by atomic mass is 10.1. The molecule has 1 atom stereocenters. The Labute approximate surface area is 126 Å². The van der Waals surface area contributed by atoms with Crippen LogP contribution in [0.2, 0.25) is 0 Å². The van der Waals surface area contributed by atoms with Gasteiger partial charge in [0, 0.05) is 50.4 Å². The van der Waals surface area contributed by atoms with E-state index in [2.05, 4.69) is 40.0 Å². The highest BCUT2D eigenvalue weighted by Gasteiger charge is 2.23. The van der Waals surface area contributed by atoms with E-state index >= 15 is 0 Å². The van der Waals surface area contributed by atoms with Gasteiger partial charge in [-0.1, -0.05) is 18.2 Å². The molecular weight excluding hydrogens is 262 g/mol. The summed E-state index contributed by atoms with van der Waals surface area (Å²) < 4.78 is 0. The summed E-state index contributed by atoms with van der Waals surface area (Å²) >= 11 is 0. The third-order valence-corrected chi connectivity index (χ3v) is 4.38. The maximum atomic E-state index is 9.18. The van der Waals surface area contributed by atoms with Crippen molar-refractivity contribution in [2.45, 2.75) is 19.0 Å². The van der Waals surface area contributed by atoms with Crippen molar-refractivity contribution in [1.82, 2.24) is 14.8 Å². The summed E-state index contributed by atoms with van der Waals surface area (Å²) in [6.45, 7) is 4.36. The van der Waals surface area contributed by atoms with Gasteiger partial charge in [0.2, 0.25) is 0 Å². The Morgan fingerprint density at radius 3 is 3.00 bits per heavy atom. The normalized spacial score (nSPS) is 21.0. The Balaban J connectivity index is 1.70. The first-order valence-electron chi connectivity index (χ1n) is 7.63. The first kappa shape index (κ1) is 14.4. The zero-order valence-corrected chi connectivity index (χ0v) is 12.6. The lowest BCUT2D eigenvalue weighted by Gasteiger charge is -2.39. The Kier molecular flexibility index (Phi) is 4.48. The molecule has 1 aliphatic heterocycles. The van der Waals surface area contributed by atoms with Crippen LogP contribution in [-0.4, -0.2) is 59.2 Å². The molecule has 0 radical (unpaired) electrons. The third-order valence-electron chi connectivity index (χ3n) is 4.38. The highest BCUT2D eigenvalue weighted by atomic mass is 16.3. The molecule has 4 heteroatoms. The average Bonchev–Trinajstić information content (AvgIpc) is 2.51. The molecule has 1 N–H and O–H groups in total. The summed E-state index contributed by atoms with van der Waals surface area (Å²) in [6.07, 6.45) is 2.84. The topological polar surface area (TPSA) is 39.6 Å². The molecule has 112 valence electrons. The van der Waals surface area contributed by atoms with Crippen molar-refractivity contribution in [2.24, 2.45) is 0 Å². The van der Waals surface area contributed by atoms with E-state index < -0.39 is 0 Å². The van der Waals surface area contributed by atoms with Gasteiger partial charge in [0.05, 0.1) is 5.52 Å². The number of benzene rings is 1. The number of pyridine rings is 1. The summed E-state index contributed by atoms with van der Waals surface area (Å²) in [5, 5.41) is 10.4. The fourth-order valence-electron chi connectivity index (χ4n) is 3.08. The van der Waals surface area contributed by atoms with E-state index in [1.165, 1.54) is 10.9 Å². The van der Waals surface area contributed by atoms with Gasteiger partial charge in [-0.05, 0) is 31.2 Å². The fraction of sp³-hybridized carbons (Fsp3) is 0.471. The monoisotopic (exact) mass is 285 g/mol. The minimum absolute atomic E-state index is 0.264. The quantitative estimate of drug-likeness (QED) is 0.929. The fourth-order valence-corrected chi connectivity index (χ4v) is 3.08. The Morgan fingerprint density at radius 1 is 1.29 bits per heavy atom. The van der Waals surface area contributed by atoms with Crippen LogP contribution in [0.3, 0.4) is 0 Å². The highest BCUT2D eigenvalue weighted by Crippen LogP contribution is 2.17. The van der Waals surface area contributed by atoms with Crippen LogP contribution in [0.1, 0.15) is 12.0 Å². The summed E-state index contributed by atoms with van der Waals surface area (Å²) in [7, 11) is 2.15. The van der Waals surface area contributed by atoms with Gasteiger partial charge < -0.3 is 10.0 Å². The van der Waals surface area contributed by atoms with Gasteiger partial charge in [-0.25, -0.2) is 0 Å². The van der Waals surface area contributed by atoms with Crippen molar-refractivity contribution in [3.63, 3.8) is 0 Å². The van der Waals surface area contributed by atoms with Crippen molar-refractivity contribution < 1.29 is 5.11 Å². The third kappa shape index (κ3) is 3.40. The van der Waals surface area contributed by atoms with E-state index in [1.54, 1.807) is 0 Å². The molecule has 2 heterocycles. The molecule has 0 bridgehead atoms. The molecule has 0 aliphatic carbocycles. The van der Waals surface area contributed by atoms with Crippen molar-refractivity contribution in [2.75, 3.05) is 33.3 Å². The van der Waals surface area contributed by atoms with E-state index in [9.17, 15) is 5.11 Å². The molecule has 0 unspecified atom stereocenters. The lowest BCUT2D eigenvalue weighted by Crippen LogP contribution is -2.51. The van der Waals surface area contributed by atoms with E-state index in [1.807, 2.05) is 18.3 Å². The number of hydrogen-bond acceptors (Lipinski definition) is 4. The summed E-state index contributed by atoms with van der Waals surface area (Å²) in [4.78, 5) is 9.36. The molecule has 1 aromatic heterocycles. The maximum absolute atomic E-state index is 9.18. The number of likely N-dealkylation sites (N-methyl/N-ethyl adjacent to an activating group) is 1. The van der Waals surface area contributed by atoms with E-state index in [0.717, 1.165) is 38.1 Å². The second-order valence-corrected chi connectivity index (χ2v) is 5.92. The average molecular weight is 285 g/mol. The smallest absolute Gasteiger partial charge is 0.0702 e. The predicted octanol–water partition coefficient (Wildman–Crippen LogP) is 1.73. The zero-order chi connectivity index (χ0) is 14.7. The van der Waals surface area contributed by atoms with E-state index in [0.29, 0.717) is 6.04 Å². The minimum atomic E-state index is 0.264. The SMILES string of the molecule is CN1CCN(Cc2cnc3ccccc3c2)C[C@@H]1CCO. The van der Waals surface area contributed by atoms with Crippen LogP contribution in [-0.2, 0) is 6.54 Å². The Bertz CT molecular complexity index is 601. The van der Waals surface area contributed by atoms with Crippen molar-refractivity contribution in [1.29, 1.82) is 0 Å². The second kappa shape index (κ2) is 6.52. The molecule has 1 aromatic carbocycles. The number of aromatic nitrogens is 1. The summed E-state index contributed by atoms with van der Waals surface area (Å²) in [6, 6.07) is 10.9. The second-order valence-electron chi connectivity index (χ2n) is 5.92. The molecule has 4 nitrogen and oxygen atoms in total. The lowest BCUT2D eigenvalue weighted by molar-refractivity contribution is 0.0743. The molecule has 1 saturated heterocycles. The Morgan fingerprint density at radius 2 is 2.14 bits per heavy atom. The van der Waals surface area contributed by atoms with Gasteiger partial charge in [-0.3, -0.25) is 9.88 Å². The van der Waals surface area contributed by atoms with Crippen molar-refractivity contribution >= 4 is 10.9 Å². The molecule has 0 saturated carbocycles. The summed E-state index contributed by atoms with van der Waals surface area (Å²) in [5.74, 6) is 0. The molecule has 3 rings (SSSR count). The van der Waals surface area contributed by atoms with E-state index in [-0.39, 0.29) is 6.61 Å². The number of rotatable bonds is 4. The number of piperazine rings is 1. The van der Waals surface area contributed by atoms with Crippen LogP contribution in [0.15, 0.2) is 36.5 Å². The number of aliphatic hydroxyl groups is 1. The van der Waals surface area contributed by atoms with Crippen molar-refractivity contribution in [3.05, 3.63) is 42.1 Å². The predicted molar refractivity (Wildman–Crippen MR) is 85.1 cm³/mol. The molecule has 1 fully saturated rings. The van der Waals surface area contributed by atoms with E-state index in [4.69, 9.17) is 0 Å². The summed E-state index contributed by atoms with van der Waals surface area (Å²) in [5.41, 5.74) is 2.32. The maximum Gasteiger partial charge on any atom is 0.0702 e. The van der Waals surface area contributed by atoms with Gasteiger partial charge in [-0.2, -0.15) is 0 Å². The molecule has 0 spiro atoms. The highest BCUT2D eigenvalue weighted by molar-refractivity contribution is 5.78. The molecular formula is C17H23N3O. The first-order chi connectivity index (χ1) is 10.3. The minimum Gasteiger partial charge on any atom is -0.396 e. The van der Waals surface area contributed by atoms with Crippen LogP contribution < -0.4 is 0 Å². The number of para-hydroxylation sites is 1. The van der Waals surface area contributed by atoms with Crippen molar-refractivity contribution in [3.8, 4) is 0 Å². The number of fused-ring (bicyclic) bond motifs is 1. The van der Waals surface area contributed by atoms with Crippen LogP contribution in [0.25, 0.3) is 10.9 Å². The van der Waals surface area contributed by atoms with Crippen LogP contribution >= 0.6 is 0 Å². The molecule has 1 aliphatic rings. The van der Waals surface area contributed by atoms with Crippen LogP contribution in [0.5, 0.6) is 0 Å². The van der Waals surface area contributed by atoms with Crippen LogP contribution in [0, 0.1) is 0 Å². The molecule has 2 aromatic rings. The number of nitrogens with zero attached hydrogens (tertiary/aromatic N) is 3. The largest absolute Gasteiger partial charge is 0.396 e. The van der Waals surface area contributed by atoms with Gasteiger partial charge in [0.1, 0.15) is 0 Å². The Hall–Kier alpha value is -1.49. The van der Waals surface area contributed by atoms with Crippen LogP contribution in [0.4, 0.5) is 0 Å².